The number of imide groups is 1. The van der Waals surface area contributed by atoms with Crippen molar-refractivity contribution >= 4 is 33.8 Å². The molecule has 0 unspecified atom stereocenters. The van der Waals surface area contributed by atoms with Crippen LogP contribution < -0.4 is 10.7 Å². The van der Waals surface area contributed by atoms with Crippen LogP contribution in [0, 0.1) is 13.8 Å². The SMILES string of the molecule is Cc1cc(C(=O)NN2C(=O)NC3(CCCCC3)C2=O)c(C)n1-c1cccc(Br)c1. The number of halogens is 1. The van der Waals surface area contributed by atoms with E-state index in [4.69, 9.17) is 0 Å². The molecule has 1 saturated heterocycles. The van der Waals surface area contributed by atoms with E-state index in [0.717, 1.165) is 45.8 Å². The Morgan fingerprint density at radius 1 is 1.14 bits per heavy atom. The molecule has 2 N–H and O–H groups in total. The van der Waals surface area contributed by atoms with Gasteiger partial charge >= 0.3 is 6.03 Å². The van der Waals surface area contributed by atoms with Crippen LogP contribution in [0.1, 0.15) is 53.8 Å². The number of hydrogen-bond donors (Lipinski definition) is 2. The second-order valence-electron chi connectivity index (χ2n) is 7.75. The van der Waals surface area contributed by atoms with Crippen molar-refractivity contribution in [3.8, 4) is 5.69 Å². The van der Waals surface area contributed by atoms with Crippen LogP contribution in [0.4, 0.5) is 4.79 Å². The highest BCUT2D eigenvalue weighted by molar-refractivity contribution is 9.10. The molecule has 0 atom stereocenters. The molecular weight excluding hydrogens is 436 g/mol. The molecule has 1 aromatic heterocycles. The molecule has 1 aliphatic carbocycles. The summed E-state index contributed by atoms with van der Waals surface area (Å²) in [6.07, 6.45) is 4.06. The van der Waals surface area contributed by atoms with Crippen molar-refractivity contribution in [2.24, 2.45) is 0 Å². The molecule has 29 heavy (non-hydrogen) atoms. The monoisotopic (exact) mass is 458 g/mol. The maximum Gasteiger partial charge on any atom is 0.344 e. The molecular formula is C21H23BrN4O3. The van der Waals surface area contributed by atoms with Gasteiger partial charge in [-0.2, -0.15) is 5.01 Å². The Morgan fingerprint density at radius 2 is 1.86 bits per heavy atom. The van der Waals surface area contributed by atoms with E-state index in [0.29, 0.717) is 18.4 Å². The minimum atomic E-state index is -0.865. The Bertz CT molecular complexity index is 1010. The summed E-state index contributed by atoms with van der Waals surface area (Å²) in [6.45, 7) is 3.76. The predicted octanol–water partition coefficient (Wildman–Crippen LogP) is 3.76. The molecule has 2 heterocycles. The summed E-state index contributed by atoms with van der Waals surface area (Å²) in [5, 5.41) is 3.65. The summed E-state index contributed by atoms with van der Waals surface area (Å²) in [7, 11) is 0. The number of nitrogens with zero attached hydrogens (tertiary/aromatic N) is 2. The van der Waals surface area contributed by atoms with Crippen molar-refractivity contribution in [3.63, 3.8) is 0 Å². The lowest BCUT2D eigenvalue weighted by molar-refractivity contribution is -0.134. The lowest BCUT2D eigenvalue weighted by Crippen LogP contribution is -2.51. The minimum Gasteiger partial charge on any atom is -0.322 e. The number of nitrogens with one attached hydrogen (secondary N) is 2. The molecule has 152 valence electrons. The van der Waals surface area contributed by atoms with E-state index in [9.17, 15) is 14.4 Å². The third kappa shape index (κ3) is 3.35. The van der Waals surface area contributed by atoms with Gasteiger partial charge in [-0.05, 0) is 51.0 Å². The number of benzene rings is 1. The molecule has 2 fully saturated rings. The quantitative estimate of drug-likeness (QED) is 0.686. The van der Waals surface area contributed by atoms with E-state index in [1.165, 1.54) is 0 Å². The number of carbonyl (C=O) groups is 3. The molecule has 1 aromatic carbocycles. The first-order valence-electron chi connectivity index (χ1n) is 9.75. The molecule has 0 bridgehead atoms. The molecule has 7 nitrogen and oxygen atoms in total. The van der Waals surface area contributed by atoms with Crippen LogP contribution in [0.3, 0.4) is 0 Å². The van der Waals surface area contributed by atoms with Gasteiger partial charge in [0, 0.05) is 21.5 Å². The van der Waals surface area contributed by atoms with Crippen molar-refractivity contribution in [2.75, 3.05) is 0 Å². The topological polar surface area (TPSA) is 83.4 Å². The number of hydrazine groups is 1. The first-order chi connectivity index (χ1) is 13.8. The Labute approximate surface area is 177 Å². The van der Waals surface area contributed by atoms with E-state index < -0.39 is 17.5 Å². The number of rotatable bonds is 3. The van der Waals surface area contributed by atoms with Crippen molar-refractivity contribution in [3.05, 3.63) is 51.8 Å². The molecule has 1 aliphatic heterocycles. The largest absolute Gasteiger partial charge is 0.344 e. The van der Waals surface area contributed by atoms with Gasteiger partial charge in [0.25, 0.3) is 11.8 Å². The smallest absolute Gasteiger partial charge is 0.322 e. The Balaban J connectivity index is 1.59. The van der Waals surface area contributed by atoms with Crippen LogP contribution in [0.2, 0.25) is 0 Å². The maximum atomic E-state index is 12.9. The van der Waals surface area contributed by atoms with Crippen LogP contribution in [-0.2, 0) is 4.79 Å². The van der Waals surface area contributed by atoms with Gasteiger partial charge in [0.15, 0.2) is 0 Å². The van der Waals surface area contributed by atoms with Gasteiger partial charge < -0.3 is 9.88 Å². The molecule has 1 saturated carbocycles. The number of carbonyl (C=O) groups excluding carboxylic acids is 3. The molecule has 4 amide bonds. The first-order valence-corrected chi connectivity index (χ1v) is 10.5. The van der Waals surface area contributed by atoms with Crippen LogP contribution in [0.5, 0.6) is 0 Å². The third-order valence-electron chi connectivity index (χ3n) is 5.82. The van der Waals surface area contributed by atoms with Gasteiger partial charge in [-0.15, -0.1) is 0 Å². The lowest BCUT2D eigenvalue weighted by atomic mass is 9.82. The summed E-state index contributed by atoms with van der Waals surface area (Å²) in [4.78, 5) is 38.2. The second-order valence-corrected chi connectivity index (χ2v) is 8.67. The van der Waals surface area contributed by atoms with Crippen molar-refractivity contribution in [2.45, 2.75) is 51.5 Å². The zero-order valence-electron chi connectivity index (χ0n) is 16.4. The van der Waals surface area contributed by atoms with Crippen molar-refractivity contribution in [1.82, 2.24) is 20.3 Å². The summed E-state index contributed by atoms with van der Waals surface area (Å²) in [6, 6.07) is 8.98. The number of urea groups is 1. The summed E-state index contributed by atoms with van der Waals surface area (Å²) in [5.74, 6) is -0.841. The van der Waals surface area contributed by atoms with Crippen LogP contribution >= 0.6 is 15.9 Å². The maximum absolute atomic E-state index is 12.9. The molecule has 4 rings (SSSR count). The Morgan fingerprint density at radius 3 is 2.55 bits per heavy atom. The average molecular weight is 459 g/mol. The molecule has 2 aromatic rings. The standard InChI is InChI=1S/C21H23BrN4O3/c1-13-11-17(14(2)25(13)16-8-6-7-15(22)12-16)18(27)24-26-19(28)21(23-20(26)29)9-4-3-5-10-21/h6-8,11-12H,3-5,9-10H2,1-2H3,(H,23,29)(H,24,27). The summed E-state index contributed by atoms with van der Waals surface area (Å²) < 4.78 is 2.90. The fourth-order valence-electron chi connectivity index (χ4n) is 4.38. The van der Waals surface area contributed by atoms with E-state index in [1.54, 1.807) is 6.07 Å². The van der Waals surface area contributed by atoms with Gasteiger partial charge in [0.1, 0.15) is 5.54 Å². The summed E-state index contributed by atoms with van der Waals surface area (Å²) >= 11 is 3.47. The molecule has 0 radical (unpaired) electrons. The van der Waals surface area contributed by atoms with Crippen LogP contribution in [0.25, 0.3) is 5.69 Å². The molecule has 2 aliphatic rings. The number of aromatic nitrogens is 1. The van der Waals surface area contributed by atoms with Gasteiger partial charge in [-0.25, -0.2) is 4.79 Å². The summed E-state index contributed by atoms with van der Waals surface area (Å²) in [5.41, 5.74) is 4.62. The zero-order valence-corrected chi connectivity index (χ0v) is 18.0. The normalized spacial score (nSPS) is 18.2. The number of hydrogen-bond acceptors (Lipinski definition) is 3. The van der Waals surface area contributed by atoms with E-state index in [2.05, 4.69) is 26.7 Å². The number of amides is 4. The van der Waals surface area contributed by atoms with Gasteiger partial charge in [0.05, 0.1) is 5.56 Å². The van der Waals surface area contributed by atoms with E-state index in [-0.39, 0.29) is 5.91 Å². The highest BCUT2D eigenvalue weighted by Crippen LogP contribution is 2.33. The molecule has 8 heteroatoms. The van der Waals surface area contributed by atoms with Crippen LogP contribution in [-0.4, -0.2) is 33.0 Å². The highest BCUT2D eigenvalue weighted by Gasteiger charge is 2.52. The fraction of sp³-hybridized carbons (Fsp3) is 0.381. The van der Waals surface area contributed by atoms with E-state index >= 15 is 0 Å². The van der Waals surface area contributed by atoms with E-state index in [1.807, 2.05) is 42.7 Å². The minimum absolute atomic E-state index is 0.364. The Kier molecular flexibility index (Phi) is 4.98. The van der Waals surface area contributed by atoms with Gasteiger partial charge in [-0.1, -0.05) is 41.3 Å². The first kappa shape index (κ1) is 19.7. The highest BCUT2D eigenvalue weighted by atomic mass is 79.9. The lowest BCUT2D eigenvalue weighted by Gasteiger charge is -2.30. The third-order valence-corrected chi connectivity index (χ3v) is 6.32. The number of aryl methyl sites for hydroxylation is 1. The fourth-order valence-corrected chi connectivity index (χ4v) is 4.77. The van der Waals surface area contributed by atoms with Crippen molar-refractivity contribution < 1.29 is 14.4 Å². The van der Waals surface area contributed by atoms with Crippen LogP contribution in [0.15, 0.2) is 34.8 Å². The van der Waals surface area contributed by atoms with Crippen molar-refractivity contribution in [1.29, 1.82) is 0 Å². The molecule has 1 spiro atoms. The van der Waals surface area contributed by atoms with Gasteiger partial charge in [-0.3, -0.25) is 15.0 Å². The van der Waals surface area contributed by atoms with Gasteiger partial charge in [0.2, 0.25) is 0 Å². The zero-order chi connectivity index (χ0) is 20.8. The predicted molar refractivity (Wildman–Crippen MR) is 112 cm³/mol. The Hall–Kier alpha value is -2.61. The average Bonchev–Trinajstić information content (AvgIpc) is 3.10. The second kappa shape index (κ2) is 7.33.